The van der Waals surface area contributed by atoms with Gasteiger partial charge < -0.3 is 14.8 Å². The Bertz CT molecular complexity index is 1010. The van der Waals surface area contributed by atoms with Crippen molar-refractivity contribution in [3.05, 3.63) is 88.4 Å². The number of rotatable bonds is 6. The third kappa shape index (κ3) is 6.04. The first-order valence-electron chi connectivity index (χ1n) is 8.78. The van der Waals surface area contributed by atoms with E-state index in [4.69, 9.17) is 21.7 Å². The van der Waals surface area contributed by atoms with Crippen LogP contribution in [0.3, 0.4) is 0 Å². The van der Waals surface area contributed by atoms with Crippen molar-refractivity contribution in [3.63, 3.8) is 0 Å². The summed E-state index contributed by atoms with van der Waals surface area (Å²) in [6, 6.07) is 22.5. The largest absolute Gasteiger partial charge is 0.496 e. The van der Waals surface area contributed by atoms with E-state index in [-0.39, 0.29) is 11.0 Å². The number of carbonyl (C=O) groups is 1. The molecule has 0 saturated carbocycles. The van der Waals surface area contributed by atoms with Gasteiger partial charge in [-0.3, -0.25) is 10.1 Å². The lowest BCUT2D eigenvalue weighted by Crippen LogP contribution is -2.34. The van der Waals surface area contributed by atoms with Crippen LogP contribution < -0.4 is 20.1 Å². The molecule has 0 unspecified atom stereocenters. The van der Waals surface area contributed by atoms with E-state index >= 15 is 0 Å². The summed E-state index contributed by atoms with van der Waals surface area (Å²) in [6.45, 7) is 0.466. The fourth-order valence-electron chi connectivity index (χ4n) is 2.59. The van der Waals surface area contributed by atoms with E-state index in [9.17, 15) is 4.79 Å². The quantitative estimate of drug-likeness (QED) is 0.487. The molecule has 0 radical (unpaired) electrons. The Morgan fingerprint density at radius 1 is 1.03 bits per heavy atom. The lowest BCUT2D eigenvalue weighted by atomic mass is 10.2. The molecule has 0 heterocycles. The van der Waals surface area contributed by atoms with Gasteiger partial charge in [0.25, 0.3) is 5.91 Å². The van der Waals surface area contributed by atoms with Crippen LogP contribution in [-0.4, -0.2) is 18.1 Å². The number of ether oxygens (including phenoxy) is 2. The highest BCUT2D eigenvalue weighted by atomic mass is 79.9. The predicted molar refractivity (Wildman–Crippen MR) is 122 cm³/mol. The van der Waals surface area contributed by atoms with Crippen molar-refractivity contribution in [2.75, 3.05) is 12.4 Å². The maximum absolute atomic E-state index is 12.5. The summed E-state index contributed by atoms with van der Waals surface area (Å²) in [6.07, 6.45) is 0. The first-order chi connectivity index (χ1) is 14.0. The molecule has 29 heavy (non-hydrogen) atoms. The lowest BCUT2D eigenvalue weighted by Gasteiger charge is -2.13. The van der Waals surface area contributed by atoms with Crippen LogP contribution in [0.2, 0.25) is 0 Å². The van der Waals surface area contributed by atoms with Gasteiger partial charge in [-0.15, -0.1) is 0 Å². The molecule has 1 amide bonds. The zero-order chi connectivity index (χ0) is 20.6. The number of benzene rings is 3. The maximum atomic E-state index is 12.5. The summed E-state index contributed by atoms with van der Waals surface area (Å²) in [5, 5.41) is 5.84. The SMILES string of the molecule is COc1ccc(Br)cc1C(=O)NC(=S)Nc1cccc(OCc2ccccc2)c1. The highest BCUT2D eigenvalue weighted by Gasteiger charge is 2.14. The van der Waals surface area contributed by atoms with Crippen LogP contribution in [0.25, 0.3) is 0 Å². The summed E-state index contributed by atoms with van der Waals surface area (Å²) in [5.41, 5.74) is 2.17. The summed E-state index contributed by atoms with van der Waals surface area (Å²) in [5.74, 6) is 0.795. The smallest absolute Gasteiger partial charge is 0.261 e. The Morgan fingerprint density at radius 3 is 2.59 bits per heavy atom. The zero-order valence-corrected chi connectivity index (χ0v) is 18.0. The maximum Gasteiger partial charge on any atom is 0.261 e. The van der Waals surface area contributed by atoms with Gasteiger partial charge >= 0.3 is 0 Å². The molecule has 3 aromatic rings. The van der Waals surface area contributed by atoms with E-state index < -0.39 is 0 Å². The second-order valence-electron chi connectivity index (χ2n) is 6.05. The topological polar surface area (TPSA) is 59.6 Å². The lowest BCUT2D eigenvalue weighted by molar-refractivity contribution is 0.0974. The van der Waals surface area contributed by atoms with E-state index in [1.54, 1.807) is 18.2 Å². The molecule has 5 nitrogen and oxygen atoms in total. The number of amides is 1. The fourth-order valence-corrected chi connectivity index (χ4v) is 3.17. The minimum Gasteiger partial charge on any atom is -0.496 e. The van der Waals surface area contributed by atoms with E-state index in [1.165, 1.54) is 7.11 Å². The Hall–Kier alpha value is -2.90. The molecular weight excluding hydrogens is 452 g/mol. The van der Waals surface area contributed by atoms with Gasteiger partial charge in [0.05, 0.1) is 12.7 Å². The summed E-state index contributed by atoms with van der Waals surface area (Å²) in [4.78, 5) is 12.5. The van der Waals surface area contributed by atoms with Gasteiger partial charge in [0.1, 0.15) is 18.1 Å². The summed E-state index contributed by atoms with van der Waals surface area (Å²) >= 11 is 8.63. The average molecular weight is 471 g/mol. The van der Waals surface area contributed by atoms with Crippen molar-refractivity contribution < 1.29 is 14.3 Å². The monoisotopic (exact) mass is 470 g/mol. The van der Waals surface area contributed by atoms with Gasteiger partial charge in [-0.1, -0.05) is 52.3 Å². The molecule has 0 atom stereocenters. The van der Waals surface area contributed by atoms with Crippen molar-refractivity contribution in [1.82, 2.24) is 5.32 Å². The van der Waals surface area contributed by atoms with E-state index in [2.05, 4.69) is 26.6 Å². The molecule has 3 rings (SSSR count). The Morgan fingerprint density at radius 2 is 1.83 bits per heavy atom. The second-order valence-corrected chi connectivity index (χ2v) is 7.38. The number of hydrogen-bond acceptors (Lipinski definition) is 4. The van der Waals surface area contributed by atoms with Crippen LogP contribution in [0.4, 0.5) is 5.69 Å². The van der Waals surface area contributed by atoms with Crippen LogP contribution >= 0.6 is 28.1 Å². The van der Waals surface area contributed by atoms with Gasteiger partial charge in [-0.2, -0.15) is 0 Å². The highest BCUT2D eigenvalue weighted by molar-refractivity contribution is 9.10. The second kappa shape index (κ2) is 10.0. The predicted octanol–water partition coefficient (Wildman–Crippen LogP) is 5.16. The van der Waals surface area contributed by atoms with Crippen molar-refractivity contribution >= 4 is 44.9 Å². The molecule has 0 aliphatic carbocycles. The Balaban J connectivity index is 1.60. The van der Waals surface area contributed by atoms with Gasteiger partial charge in [0.15, 0.2) is 5.11 Å². The normalized spacial score (nSPS) is 10.1. The molecular formula is C22H19BrN2O3S. The minimum absolute atomic E-state index is 0.178. The average Bonchev–Trinajstić information content (AvgIpc) is 2.73. The summed E-state index contributed by atoms with van der Waals surface area (Å²) < 4.78 is 11.8. The Kier molecular flexibility index (Phi) is 7.21. The molecule has 7 heteroatoms. The van der Waals surface area contributed by atoms with Crippen molar-refractivity contribution in [2.45, 2.75) is 6.61 Å². The van der Waals surface area contributed by atoms with E-state index in [0.29, 0.717) is 29.4 Å². The van der Waals surface area contributed by atoms with Crippen LogP contribution in [0, 0.1) is 0 Å². The number of nitrogens with one attached hydrogen (secondary N) is 2. The first-order valence-corrected chi connectivity index (χ1v) is 9.98. The van der Waals surface area contributed by atoms with Crippen LogP contribution in [0.5, 0.6) is 11.5 Å². The zero-order valence-electron chi connectivity index (χ0n) is 15.6. The molecule has 0 spiro atoms. The fraction of sp³-hybridized carbons (Fsp3) is 0.0909. The Labute approximate surface area is 183 Å². The van der Waals surface area contributed by atoms with Crippen LogP contribution in [0.15, 0.2) is 77.3 Å². The first kappa shape index (κ1) is 20.8. The molecule has 0 fully saturated rings. The standard InChI is InChI=1S/C22H19BrN2O3S/c1-27-20-11-10-16(23)12-19(20)21(26)25-22(29)24-17-8-5-9-18(13-17)28-14-15-6-3-2-4-7-15/h2-13H,14H2,1H3,(H2,24,25,26,29). The van der Waals surface area contributed by atoms with Crippen LogP contribution in [-0.2, 0) is 6.61 Å². The molecule has 0 bridgehead atoms. The van der Waals surface area contributed by atoms with Crippen LogP contribution in [0.1, 0.15) is 15.9 Å². The molecule has 2 N–H and O–H groups in total. The number of anilines is 1. The van der Waals surface area contributed by atoms with Gasteiger partial charge in [0.2, 0.25) is 0 Å². The van der Waals surface area contributed by atoms with Gasteiger partial charge in [-0.05, 0) is 48.1 Å². The molecule has 0 saturated heterocycles. The number of methoxy groups -OCH3 is 1. The third-order valence-corrected chi connectivity index (χ3v) is 4.67. The van der Waals surface area contributed by atoms with Crippen molar-refractivity contribution in [1.29, 1.82) is 0 Å². The molecule has 0 aliphatic heterocycles. The molecule has 148 valence electrons. The van der Waals surface area contributed by atoms with Crippen molar-refractivity contribution in [3.8, 4) is 11.5 Å². The third-order valence-electron chi connectivity index (χ3n) is 3.97. The van der Waals surface area contributed by atoms with Gasteiger partial charge in [-0.25, -0.2) is 0 Å². The van der Waals surface area contributed by atoms with E-state index in [0.717, 1.165) is 10.0 Å². The number of hydrogen-bond donors (Lipinski definition) is 2. The minimum atomic E-state index is -0.364. The highest BCUT2D eigenvalue weighted by Crippen LogP contribution is 2.23. The molecule has 0 aliphatic rings. The molecule has 3 aromatic carbocycles. The van der Waals surface area contributed by atoms with Crippen molar-refractivity contribution in [2.24, 2.45) is 0 Å². The molecule has 0 aromatic heterocycles. The summed E-state index contributed by atoms with van der Waals surface area (Å²) in [7, 11) is 1.51. The number of halogens is 1. The number of carbonyl (C=O) groups excluding carboxylic acids is 1. The van der Waals surface area contributed by atoms with Gasteiger partial charge in [0, 0.05) is 16.2 Å². The van der Waals surface area contributed by atoms with E-state index in [1.807, 2.05) is 54.6 Å². The number of thiocarbonyl (C=S) groups is 1.